The Morgan fingerprint density at radius 3 is 3.17 bits per heavy atom. The fraction of sp³-hybridized carbons (Fsp3) is 0.462. The van der Waals surface area contributed by atoms with Crippen LogP contribution < -0.4 is 0 Å². The molecule has 0 N–H and O–H groups in total. The number of fused-ring (bicyclic) bond motifs is 1. The van der Waals surface area contributed by atoms with Crippen LogP contribution >= 0.6 is 0 Å². The number of rotatable bonds is 3. The van der Waals surface area contributed by atoms with E-state index < -0.39 is 0 Å². The SMILES string of the molecule is O=Cc1ccc2nnc(CC3CCCOC3)n2c1. The first-order chi connectivity index (χ1) is 8.86. The van der Waals surface area contributed by atoms with Crippen molar-refractivity contribution < 1.29 is 9.53 Å². The zero-order valence-corrected chi connectivity index (χ0v) is 10.1. The summed E-state index contributed by atoms with van der Waals surface area (Å²) in [6.45, 7) is 1.66. The van der Waals surface area contributed by atoms with Gasteiger partial charge in [0, 0.05) is 31.4 Å². The third-order valence-electron chi connectivity index (χ3n) is 3.36. The molecule has 1 unspecified atom stereocenters. The molecule has 1 saturated heterocycles. The monoisotopic (exact) mass is 245 g/mol. The van der Waals surface area contributed by atoms with E-state index in [1.54, 1.807) is 12.3 Å². The average molecular weight is 245 g/mol. The minimum absolute atomic E-state index is 0.506. The van der Waals surface area contributed by atoms with Crippen LogP contribution in [0.1, 0.15) is 29.0 Å². The lowest BCUT2D eigenvalue weighted by molar-refractivity contribution is 0.0542. The summed E-state index contributed by atoms with van der Waals surface area (Å²) < 4.78 is 7.38. The lowest BCUT2D eigenvalue weighted by Gasteiger charge is -2.21. The van der Waals surface area contributed by atoms with Crippen LogP contribution in [0, 0.1) is 5.92 Å². The molecule has 2 aromatic heterocycles. The highest BCUT2D eigenvalue weighted by molar-refractivity contribution is 5.74. The molecule has 18 heavy (non-hydrogen) atoms. The second kappa shape index (κ2) is 4.86. The van der Waals surface area contributed by atoms with Gasteiger partial charge in [0.05, 0.1) is 0 Å². The van der Waals surface area contributed by atoms with Gasteiger partial charge >= 0.3 is 0 Å². The van der Waals surface area contributed by atoms with Crippen molar-refractivity contribution in [2.45, 2.75) is 19.3 Å². The number of hydrogen-bond acceptors (Lipinski definition) is 4. The maximum atomic E-state index is 10.8. The Morgan fingerprint density at radius 1 is 1.44 bits per heavy atom. The number of ether oxygens (including phenoxy) is 1. The largest absolute Gasteiger partial charge is 0.381 e. The Bertz CT molecular complexity index is 558. The number of hydrogen-bond donors (Lipinski definition) is 0. The zero-order chi connectivity index (χ0) is 12.4. The van der Waals surface area contributed by atoms with Crippen LogP contribution in [0.25, 0.3) is 5.65 Å². The average Bonchev–Trinajstić information content (AvgIpc) is 2.82. The highest BCUT2D eigenvalue weighted by Gasteiger charge is 2.17. The summed E-state index contributed by atoms with van der Waals surface area (Å²) >= 11 is 0. The second-order valence-corrected chi connectivity index (χ2v) is 4.71. The van der Waals surface area contributed by atoms with Gasteiger partial charge in [0.25, 0.3) is 0 Å². The van der Waals surface area contributed by atoms with E-state index in [4.69, 9.17) is 4.74 Å². The molecule has 1 atom stereocenters. The molecule has 0 aromatic carbocycles. The van der Waals surface area contributed by atoms with Crippen molar-refractivity contribution in [3.63, 3.8) is 0 Å². The molecule has 5 nitrogen and oxygen atoms in total. The molecule has 1 aliphatic heterocycles. The maximum Gasteiger partial charge on any atom is 0.160 e. The Hall–Kier alpha value is -1.75. The summed E-state index contributed by atoms with van der Waals surface area (Å²) in [5.41, 5.74) is 1.43. The van der Waals surface area contributed by atoms with Gasteiger partial charge in [-0.3, -0.25) is 9.20 Å². The topological polar surface area (TPSA) is 56.5 Å². The number of carbonyl (C=O) groups is 1. The van der Waals surface area contributed by atoms with E-state index in [2.05, 4.69) is 10.2 Å². The number of aromatic nitrogens is 3. The predicted molar refractivity (Wildman–Crippen MR) is 65.6 cm³/mol. The number of nitrogens with zero attached hydrogens (tertiary/aromatic N) is 3. The molecule has 5 heteroatoms. The molecule has 3 heterocycles. The predicted octanol–water partition coefficient (Wildman–Crippen LogP) is 1.51. The van der Waals surface area contributed by atoms with Crippen LogP contribution in [0.4, 0.5) is 0 Å². The fourth-order valence-corrected chi connectivity index (χ4v) is 2.39. The maximum absolute atomic E-state index is 10.8. The van der Waals surface area contributed by atoms with Crippen molar-refractivity contribution in [2.75, 3.05) is 13.2 Å². The van der Waals surface area contributed by atoms with E-state index in [1.165, 1.54) is 6.42 Å². The van der Waals surface area contributed by atoms with Gasteiger partial charge in [-0.15, -0.1) is 10.2 Å². The van der Waals surface area contributed by atoms with E-state index in [-0.39, 0.29) is 0 Å². The normalized spacial score (nSPS) is 20.1. The van der Waals surface area contributed by atoms with Crippen LogP contribution in [0.5, 0.6) is 0 Å². The summed E-state index contributed by atoms with van der Waals surface area (Å²) in [5, 5.41) is 8.32. The summed E-state index contributed by atoms with van der Waals surface area (Å²) in [7, 11) is 0. The molecule has 1 fully saturated rings. The molecule has 0 saturated carbocycles. The summed E-state index contributed by atoms with van der Waals surface area (Å²) in [4.78, 5) is 10.8. The molecule has 0 aliphatic carbocycles. The molecule has 0 bridgehead atoms. The van der Waals surface area contributed by atoms with Gasteiger partial charge in [-0.1, -0.05) is 0 Å². The first-order valence-electron chi connectivity index (χ1n) is 6.23. The van der Waals surface area contributed by atoms with Crippen LogP contribution in [0.15, 0.2) is 18.3 Å². The minimum Gasteiger partial charge on any atom is -0.381 e. The van der Waals surface area contributed by atoms with Crippen LogP contribution in [0.2, 0.25) is 0 Å². The first-order valence-corrected chi connectivity index (χ1v) is 6.23. The van der Waals surface area contributed by atoms with Crippen LogP contribution in [-0.2, 0) is 11.2 Å². The minimum atomic E-state index is 0.506. The third kappa shape index (κ3) is 2.13. The van der Waals surface area contributed by atoms with E-state index in [1.807, 2.05) is 10.5 Å². The molecule has 1 aliphatic rings. The Balaban J connectivity index is 1.88. The van der Waals surface area contributed by atoms with Crippen molar-refractivity contribution in [3.8, 4) is 0 Å². The Morgan fingerprint density at radius 2 is 2.39 bits per heavy atom. The van der Waals surface area contributed by atoms with E-state index in [0.29, 0.717) is 11.5 Å². The van der Waals surface area contributed by atoms with Gasteiger partial charge in [-0.25, -0.2) is 0 Å². The second-order valence-electron chi connectivity index (χ2n) is 4.71. The molecule has 94 valence electrons. The molecular weight excluding hydrogens is 230 g/mol. The van der Waals surface area contributed by atoms with Crippen LogP contribution in [0.3, 0.4) is 0 Å². The molecule has 0 radical (unpaired) electrons. The van der Waals surface area contributed by atoms with Gasteiger partial charge in [-0.05, 0) is 30.9 Å². The molecule has 2 aromatic rings. The Labute approximate surface area is 105 Å². The number of aldehydes is 1. The van der Waals surface area contributed by atoms with Gasteiger partial charge in [0.1, 0.15) is 5.82 Å². The van der Waals surface area contributed by atoms with E-state index in [9.17, 15) is 4.79 Å². The lowest BCUT2D eigenvalue weighted by Crippen LogP contribution is -2.20. The molecule has 3 rings (SSSR count). The quantitative estimate of drug-likeness (QED) is 0.769. The number of carbonyl (C=O) groups excluding carboxylic acids is 1. The highest BCUT2D eigenvalue weighted by Crippen LogP contribution is 2.18. The van der Waals surface area contributed by atoms with Crippen molar-refractivity contribution in [2.24, 2.45) is 5.92 Å². The van der Waals surface area contributed by atoms with Crippen molar-refractivity contribution in [1.82, 2.24) is 14.6 Å². The number of pyridine rings is 1. The standard InChI is InChI=1S/C13H15N3O2/c17-8-11-3-4-12-14-15-13(16(12)7-11)6-10-2-1-5-18-9-10/h3-4,7-8,10H,1-2,5-6,9H2. The summed E-state index contributed by atoms with van der Waals surface area (Å²) in [6, 6.07) is 3.57. The van der Waals surface area contributed by atoms with E-state index in [0.717, 1.165) is 43.8 Å². The molecule has 0 amide bonds. The smallest absolute Gasteiger partial charge is 0.160 e. The zero-order valence-electron chi connectivity index (χ0n) is 10.1. The van der Waals surface area contributed by atoms with Crippen molar-refractivity contribution >= 4 is 11.9 Å². The Kier molecular flexibility index (Phi) is 3.06. The highest BCUT2D eigenvalue weighted by atomic mass is 16.5. The third-order valence-corrected chi connectivity index (χ3v) is 3.36. The van der Waals surface area contributed by atoms with Crippen molar-refractivity contribution in [1.29, 1.82) is 0 Å². The van der Waals surface area contributed by atoms with Crippen molar-refractivity contribution in [3.05, 3.63) is 29.7 Å². The van der Waals surface area contributed by atoms with E-state index >= 15 is 0 Å². The summed E-state index contributed by atoms with van der Waals surface area (Å²) in [5.74, 6) is 1.41. The van der Waals surface area contributed by atoms with Gasteiger partial charge in [0.2, 0.25) is 0 Å². The molecule has 0 spiro atoms. The molecular formula is C13H15N3O2. The lowest BCUT2D eigenvalue weighted by atomic mass is 9.98. The van der Waals surface area contributed by atoms with Crippen LogP contribution in [-0.4, -0.2) is 34.1 Å². The van der Waals surface area contributed by atoms with Gasteiger partial charge in [0.15, 0.2) is 11.9 Å². The van der Waals surface area contributed by atoms with Gasteiger partial charge in [-0.2, -0.15) is 0 Å². The first kappa shape index (κ1) is 11.3. The summed E-state index contributed by atoms with van der Waals surface area (Å²) in [6.07, 6.45) is 5.76. The van der Waals surface area contributed by atoms with Gasteiger partial charge < -0.3 is 4.74 Å². The fourth-order valence-electron chi connectivity index (χ4n) is 2.39.